The van der Waals surface area contributed by atoms with E-state index in [0.29, 0.717) is 23.6 Å². The number of rotatable bonds is 6. The molecule has 23 heavy (non-hydrogen) atoms. The summed E-state index contributed by atoms with van der Waals surface area (Å²) in [6.45, 7) is 8.18. The van der Waals surface area contributed by atoms with E-state index in [1.807, 2.05) is 0 Å². The molecule has 0 unspecified atom stereocenters. The summed E-state index contributed by atoms with van der Waals surface area (Å²) in [5.74, 6) is 2.69. The van der Waals surface area contributed by atoms with E-state index in [4.69, 9.17) is 0 Å². The summed E-state index contributed by atoms with van der Waals surface area (Å²) in [4.78, 5) is 24.8. The Morgan fingerprint density at radius 1 is 1.39 bits per heavy atom. The van der Waals surface area contributed by atoms with Gasteiger partial charge in [-0.3, -0.25) is 9.69 Å². The highest BCUT2D eigenvalue weighted by Gasteiger charge is 2.37. The second kappa shape index (κ2) is 7.71. The van der Waals surface area contributed by atoms with Gasteiger partial charge in [0, 0.05) is 37.9 Å². The summed E-state index contributed by atoms with van der Waals surface area (Å²) in [6, 6.07) is 0.391. The molecule has 0 radical (unpaired) electrons. The number of imidazole rings is 1. The first-order valence-corrected chi connectivity index (χ1v) is 9.91. The molecule has 0 aliphatic carbocycles. The maximum atomic E-state index is 12.6. The molecule has 1 amide bonds. The summed E-state index contributed by atoms with van der Waals surface area (Å²) in [6.07, 6.45) is 5.33. The van der Waals surface area contributed by atoms with E-state index in [-0.39, 0.29) is 0 Å². The number of aromatic amines is 1. The van der Waals surface area contributed by atoms with Crippen molar-refractivity contribution in [1.82, 2.24) is 19.8 Å². The fourth-order valence-electron chi connectivity index (χ4n) is 3.76. The molecule has 0 spiro atoms. The molecule has 128 valence electrons. The minimum atomic E-state index is 0.343. The van der Waals surface area contributed by atoms with Gasteiger partial charge in [-0.15, -0.1) is 0 Å². The maximum Gasteiger partial charge on any atom is 0.232 e. The van der Waals surface area contributed by atoms with Gasteiger partial charge in [0.05, 0.1) is 17.8 Å². The normalized spacial score (nSPS) is 24.9. The zero-order valence-corrected chi connectivity index (χ0v) is 15.1. The van der Waals surface area contributed by atoms with Crippen molar-refractivity contribution in [3.05, 3.63) is 17.7 Å². The van der Waals surface area contributed by atoms with Gasteiger partial charge >= 0.3 is 0 Å². The third-order valence-electron chi connectivity index (χ3n) is 4.99. The largest absolute Gasteiger partial charge is 0.348 e. The average Bonchev–Trinajstić information content (AvgIpc) is 2.75. The fourth-order valence-corrected chi connectivity index (χ4v) is 4.53. The Morgan fingerprint density at radius 3 is 3.00 bits per heavy atom. The molecule has 1 aromatic rings. The lowest BCUT2D eigenvalue weighted by molar-refractivity contribution is -0.132. The Balaban J connectivity index is 1.61. The van der Waals surface area contributed by atoms with Crippen LogP contribution in [0, 0.1) is 12.8 Å². The number of hydrogen-bond donors (Lipinski definition) is 1. The van der Waals surface area contributed by atoms with Crippen molar-refractivity contribution in [3.8, 4) is 0 Å². The van der Waals surface area contributed by atoms with Crippen LogP contribution >= 0.6 is 11.8 Å². The van der Waals surface area contributed by atoms with Crippen LogP contribution in [0.5, 0.6) is 0 Å². The summed E-state index contributed by atoms with van der Waals surface area (Å²) in [5, 5.41) is 0. The van der Waals surface area contributed by atoms with Crippen LogP contribution in [0.4, 0.5) is 0 Å². The van der Waals surface area contributed by atoms with Crippen molar-refractivity contribution >= 4 is 17.7 Å². The van der Waals surface area contributed by atoms with Gasteiger partial charge in [0.2, 0.25) is 5.91 Å². The molecule has 0 saturated carbocycles. The van der Waals surface area contributed by atoms with Gasteiger partial charge in [-0.25, -0.2) is 4.98 Å². The van der Waals surface area contributed by atoms with Crippen molar-refractivity contribution in [2.75, 3.05) is 31.1 Å². The summed E-state index contributed by atoms with van der Waals surface area (Å²) >= 11 is 1.78. The van der Waals surface area contributed by atoms with E-state index in [9.17, 15) is 4.79 Å². The third-order valence-corrected chi connectivity index (χ3v) is 6.14. The molecule has 1 N–H and O–H groups in total. The number of H-pyrrole nitrogens is 1. The molecular formula is C17H28N4OS. The SMILES string of the molecule is CCCSCC(=O)N1C[C@H]2CC[C@@H]1CN(Cc1nc[nH]c1C)C2. The van der Waals surface area contributed by atoms with Crippen LogP contribution < -0.4 is 0 Å². The highest BCUT2D eigenvalue weighted by atomic mass is 32.2. The Hall–Kier alpha value is -1.01. The molecule has 3 fully saturated rings. The van der Waals surface area contributed by atoms with Gasteiger partial charge in [-0.05, 0) is 37.9 Å². The fraction of sp³-hybridized carbons (Fsp3) is 0.765. The molecule has 4 heterocycles. The van der Waals surface area contributed by atoms with Crippen LogP contribution in [0.15, 0.2) is 6.33 Å². The highest BCUT2D eigenvalue weighted by molar-refractivity contribution is 7.99. The molecule has 4 rings (SSSR count). The summed E-state index contributed by atoms with van der Waals surface area (Å²) < 4.78 is 0. The van der Waals surface area contributed by atoms with Crippen LogP contribution in [0.3, 0.4) is 0 Å². The predicted molar refractivity (Wildman–Crippen MR) is 94.4 cm³/mol. The first-order valence-electron chi connectivity index (χ1n) is 8.75. The number of thioether (sulfide) groups is 1. The van der Waals surface area contributed by atoms with Gasteiger partial charge in [-0.1, -0.05) is 6.92 Å². The average molecular weight is 337 g/mol. The third kappa shape index (κ3) is 4.10. The second-order valence-corrected chi connectivity index (χ2v) is 7.97. The smallest absolute Gasteiger partial charge is 0.232 e. The highest BCUT2D eigenvalue weighted by Crippen LogP contribution is 2.29. The number of aromatic nitrogens is 2. The summed E-state index contributed by atoms with van der Waals surface area (Å²) in [5.41, 5.74) is 2.30. The van der Waals surface area contributed by atoms with Crippen molar-refractivity contribution in [2.24, 2.45) is 5.92 Å². The topological polar surface area (TPSA) is 52.2 Å². The molecule has 1 aromatic heterocycles. The molecule has 3 aliphatic heterocycles. The van der Waals surface area contributed by atoms with Crippen molar-refractivity contribution in [3.63, 3.8) is 0 Å². The number of fused-ring (bicyclic) bond motifs is 4. The summed E-state index contributed by atoms with van der Waals surface area (Å²) in [7, 11) is 0. The lowest BCUT2D eigenvalue weighted by Gasteiger charge is -2.36. The number of hydrogen-bond acceptors (Lipinski definition) is 4. The Morgan fingerprint density at radius 2 is 2.26 bits per heavy atom. The minimum Gasteiger partial charge on any atom is -0.348 e. The van der Waals surface area contributed by atoms with E-state index in [1.54, 1.807) is 18.1 Å². The molecular weight excluding hydrogens is 308 g/mol. The molecule has 3 saturated heterocycles. The molecule has 6 heteroatoms. The molecule has 2 atom stereocenters. The molecule has 5 nitrogen and oxygen atoms in total. The van der Waals surface area contributed by atoms with Crippen LogP contribution in [0.25, 0.3) is 0 Å². The Labute approximate surface area is 143 Å². The number of aryl methyl sites for hydroxylation is 1. The van der Waals surface area contributed by atoms with E-state index in [0.717, 1.165) is 56.2 Å². The number of amides is 1. The monoisotopic (exact) mass is 336 g/mol. The van der Waals surface area contributed by atoms with E-state index in [1.165, 1.54) is 6.42 Å². The van der Waals surface area contributed by atoms with Gasteiger partial charge in [0.15, 0.2) is 0 Å². The van der Waals surface area contributed by atoms with Crippen molar-refractivity contribution < 1.29 is 4.79 Å². The van der Waals surface area contributed by atoms with Gasteiger partial charge in [0.1, 0.15) is 0 Å². The van der Waals surface area contributed by atoms with Crippen molar-refractivity contribution in [2.45, 2.75) is 45.7 Å². The Bertz CT molecular complexity index is 532. The standard InChI is InChI=1S/C17H28N4OS/c1-3-6-23-11-17(22)21-8-14-4-5-15(21)9-20(7-14)10-16-13(2)18-12-19-16/h12,14-15H,3-11H2,1-2H3,(H,18,19)/t14-,15+/m0/s1. The predicted octanol–water partition coefficient (Wildman–Crippen LogP) is 2.28. The quantitative estimate of drug-likeness (QED) is 0.810. The van der Waals surface area contributed by atoms with Gasteiger partial charge < -0.3 is 9.88 Å². The maximum absolute atomic E-state index is 12.6. The number of piperidine rings is 1. The van der Waals surface area contributed by atoms with E-state index < -0.39 is 0 Å². The van der Waals surface area contributed by atoms with Crippen molar-refractivity contribution in [1.29, 1.82) is 0 Å². The van der Waals surface area contributed by atoms with Crippen LogP contribution in [-0.4, -0.2) is 62.9 Å². The molecule has 2 bridgehead atoms. The zero-order valence-electron chi connectivity index (χ0n) is 14.3. The molecule has 0 aromatic carbocycles. The Kier molecular flexibility index (Phi) is 5.64. The number of nitrogens with zero attached hydrogens (tertiary/aromatic N) is 3. The van der Waals surface area contributed by atoms with Crippen LogP contribution in [0.1, 0.15) is 37.6 Å². The zero-order chi connectivity index (χ0) is 16.2. The second-order valence-electron chi connectivity index (χ2n) is 6.86. The number of nitrogens with one attached hydrogen (secondary N) is 1. The van der Waals surface area contributed by atoms with Gasteiger partial charge in [-0.2, -0.15) is 11.8 Å². The lowest BCUT2D eigenvalue weighted by atomic mass is 9.95. The minimum absolute atomic E-state index is 0.343. The van der Waals surface area contributed by atoms with E-state index in [2.05, 4.69) is 33.6 Å². The van der Waals surface area contributed by atoms with Crippen LogP contribution in [-0.2, 0) is 11.3 Å². The first-order chi connectivity index (χ1) is 11.2. The number of carbonyl (C=O) groups is 1. The molecule has 3 aliphatic rings. The van der Waals surface area contributed by atoms with Crippen LogP contribution in [0.2, 0.25) is 0 Å². The van der Waals surface area contributed by atoms with Gasteiger partial charge in [0.25, 0.3) is 0 Å². The number of carbonyl (C=O) groups excluding carboxylic acids is 1. The lowest BCUT2D eigenvalue weighted by Crippen LogP contribution is -2.48. The first kappa shape index (κ1) is 16.8. The van der Waals surface area contributed by atoms with E-state index >= 15 is 0 Å².